The number of aliphatic carboxylic acids is 1. The predicted octanol–water partition coefficient (Wildman–Crippen LogP) is 0.968. The molecule has 1 aromatic rings. The maximum atomic E-state index is 12.0. The molecule has 7 heteroatoms. The second kappa shape index (κ2) is 4.89. The van der Waals surface area contributed by atoms with Crippen molar-refractivity contribution >= 4 is 27.8 Å². The molecule has 92 valence electrons. The molecule has 1 aliphatic rings. The number of halogens is 1. The number of carbonyl (C=O) groups excluding carboxylic acids is 1. The molecule has 0 spiro atoms. The Bertz CT molecular complexity index is 444. The fraction of sp³-hybridized carbons (Fsp3) is 0.400. The van der Waals surface area contributed by atoms with Gasteiger partial charge in [0.25, 0.3) is 5.91 Å². The minimum absolute atomic E-state index is 0.00293. The second-order valence-electron chi connectivity index (χ2n) is 3.53. The number of furan rings is 1. The summed E-state index contributed by atoms with van der Waals surface area (Å²) in [7, 11) is 0. The van der Waals surface area contributed by atoms with E-state index >= 15 is 0 Å². The van der Waals surface area contributed by atoms with E-state index < -0.39 is 17.9 Å². The van der Waals surface area contributed by atoms with E-state index in [0.717, 1.165) is 0 Å². The van der Waals surface area contributed by atoms with Crippen molar-refractivity contribution in [3.8, 4) is 0 Å². The molecule has 0 aromatic carbocycles. The van der Waals surface area contributed by atoms with Crippen molar-refractivity contribution in [2.75, 3.05) is 19.8 Å². The summed E-state index contributed by atoms with van der Waals surface area (Å²) in [5.41, 5.74) is 0. The predicted molar refractivity (Wildman–Crippen MR) is 59.7 cm³/mol. The van der Waals surface area contributed by atoms with E-state index in [-0.39, 0.29) is 18.9 Å². The van der Waals surface area contributed by atoms with Crippen molar-refractivity contribution in [3.63, 3.8) is 0 Å². The quantitative estimate of drug-likeness (QED) is 0.880. The Labute approximate surface area is 105 Å². The molecule has 1 aromatic heterocycles. The Morgan fingerprint density at radius 1 is 1.47 bits per heavy atom. The van der Waals surface area contributed by atoms with E-state index in [0.29, 0.717) is 11.3 Å². The Balaban J connectivity index is 2.19. The summed E-state index contributed by atoms with van der Waals surface area (Å²) in [5, 5.41) is 9.00. The number of hydrogen-bond donors (Lipinski definition) is 1. The molecular formula is C10H10BrNO5. The highest BCUT2D eigenvalue weighted by atomic mass is 79.9. The third kappa shape index (κ3) is 2.50. The first kappa shape index (κ1) is 12.1. The molecule has 1 amide bonds. The highest BCUT2D eigenvalue weighted by Gasteiger charge is 2.34. The number of carboxylic acids is 1. The zero-order valence-electron chi connectivity index (χ0n) is 8.76. The van der Waals surface area contributed by atoms with Gasteiger partial charge in [0.05, 0.1) is 13.2 Å². The van der Waals surface area contributed by atoms with Gasteiger partial charge < -0.3 is 19.2 Å². The van der Waals surface area contributed by atoms with Gasteiger partial charge in [0.15, 0.2) is 16.5 Å². The molecule has 0 saturated carbocycles. The lowest BCUT2D eigenvalue weighted by Gasteiger charge is -2.32. The van der Waals surface area contributed by atoms with Crippen LogP contribution >= 0.6 is 15.9 Å². The smallest absolute Gasteiger partial charge is 0.328 e. The van der Waals surface area contributed by atoms with E-state index in [4.69, 9.17) is 14.3 Å². The first-order valence-electron chi connectivity index (χ1n) is 4.96. The number of amides is 1. The van der Waals surface area contributed by atoms with E-state index in [1.807, 2.05) is 0 Å². The van der Waals surface area contributed by atoms with Gasteiger partial charge >= 0.3 is 5.97 Å². The van der Waals surface area contributed by atoms with Gasteiger partial charge in [-0.3, -0.25) is 4.79 Å². The summed E-state index contributed by atoms with van der Waals surface area (Å²) >= 11 is 3.09. The first-order valence-corrected chi connectivity index (χ1v) is 5.76. The van der Waals surface area contributed by atoms with Crippen LogP contribution in [0.1, 0.15) is 10.6 Å². The maximum absolute atomic E-state index is 12.0. The van der Waals surface area contributed by atoms with Gasteiger partial charge in [0.1, 0.15) is 0 Å². The third-order valence-corrected chi connectivity index (χ3v) is 2.88. The van der Waals surface area contributed by atoms with Crippen molar-refractivity contribution in [1.29, 1.82) is 0 Å². The largest absolute Gasteiger partial charge is 0.480 e. The molecule has 2 rings (SSSR count). The number of hydrogen-bond acceptors (Lipinski definition) is 4. The van der Waals surface area contributed by atoms with Gasteiger partial charge in [0.2, 0.25) is 0 Å². The van der Waals surface area contributed by atoms with Gasteiger partial charge in [-0.1, -0.05) is 0 Å². The molecule has 1 fully saturated rings. The van der Waals surface area contributed by atoms with Crippen LogP contribution in [-0.4, -0.2) is 47.7 Å². The van der Waals surface area contributed by atoms with Gasteiger partial charge in [-0.15, -0.1) is 0 Å². The zero-order valence-corrected chi connectivity index (χ0v) is 10.3. The lowest BCUT2D eigenvalue weighted by molar-refractivity contribution is -0.147. The summed E-state index contributed by atoms with van der Waals surface area (Å²) in [4.78, 5) is 24.3. The minimum Gasteiger partial charge on any atom is -0.480 e. The van der Waals surface area contributed by atoms with Crippen LogP contribution in [0.5, 0.6) is 0 Å². The Morgan fingerprint density at radius 3 is 2.82 bits per heavy atom. The molecular weight excluding hydrogens is 294 g/mol. The molecule has 1 saturated heterocycles. The maximum Gasteiger partial charge on any atom is 0.328 e. The van der Waals surface area contributed by atoms with Crippen LogP contribution < -0.4 is 0 Å². The van der Waals surface area contributed by atoms with Crippen molar-refractivity contribution in [1.82, 2.24) is 4.90 Å². The molecule has 1 N–H and O–H groups in total. The van der Waals surface area contributed by atoms with E-state index in [1.165, 1.54) is 11.0 Å². The molecule has 1 atom stereocenters. The number of morpholine rings is 1. The molecule has 0 aliphatic carbocycles. The van der Waals surface area contributed by atoms with Crippen LogP contribution in [0.3, 0.4) is 0 Å². The van der Waals surface area contributed by atoms with E-state index in [2.05, 4.69) is 15.9 Å². The molecule has 1 aliphatic heterocycles. The fourth-order valence-electron chi connectivity index (χ4n) is 1.62. The standard InChI is InChI=1S/C10H10BrNO5/c11-8-2-1-7(17-8)9(13)12-3-4-16-5-6(12)10(14)15/h1-2,6H,3-5H2,(H,14,15). The van der Waals surface area contributed by atoms with Gasteiger partial charge in [-0.2, -0.15) is 0 Å². The van der Waals surface area contributed by atoms with Gasteiger partial charge in [0, 0.05) is 6.54 Å². The second-order valence-corrected chi connectivity index (χ2v) is 4.31. The van der Waals surface area contributed by atoms with Gasteiger partial charge in [-0.25, -0.2) is 4.79 Å². The van der Waals surface area contributed by atoms with Crippen molar-refractivity contribution in [2.45, 2.75) is 6.04 Å². The lowest BCUT2D eigenvalue weighted by Crippen LogP contribution is -2.52. The van der Waals surface area contributed by atoms with Crippen molar-refractivity contribution < 1.29 is 23.8 Å². The summed E-state index contributed by atoms with van der Waals surface area (Å²) in [6.45, 7) is 0.578. The molecule has 1 unspecified atom stereocenters. The lowest BCUT2D eigenvalue weighted by atomic mass is 10.2. The number of carboxylic acid groups (broad SMARTS) is 1. The van der Waals surface area contributed by atoms with Crippen LogP contribution in [0.15, 0.2) is 21.2 Å². The molecule has 2 heterocycles. The fourth-order valence-corrected chi connectivity index (χ4v) is 1.93. The van der Waals surface area contributed by atoms with Crippen LogP contribution in [0.4, 0.5) is 0 Å². The van der Waals surface area contributed by atoms with Gasteiger partial charge in [-0.05, 0) is 28.1 Å². The number of ether oxygens (including phenoxy) is 1. The Morgan fingerprint density at radius 2 is 2.24 bits per heavy atom. The molecule has 6 nitrogen and oxygen atoms in total. The SMILES string of the molecule is O=C(O)C1COCCN1C(=O)c1ccc(Br)o1. The number of rotatable bonds is 2. The summed E-state index contributed by atoms with van der Waals surface area (Å²) in [6, 6.07) is 2.13. The van der Waals surface area contributed by atoms with E-state index in [1.54, 1.807) is 6.07 Å². The Kier molecular flexibility index (Phi) is 3.49. The third-order valence-electron chi connectivity index (χ3n) is 2.46. The molecule has 0 bridgehead atoms. The van der Waals surface area contributed by atoms with Crippen LogP contribution in [0, 0.1) is 0 Å². The highest BCUT2D eigenvalue weighted by molar-refractivity contribution is 9.10. The average Bonchev–Trinajstić information content (AvgIpc) is 2.75. The zero-order chi connectivity index (χ0) is 12.4. The Hall–Kier alpha value is -1.34. The number of nitrogens with zero attached hydrogens (tertiary/aromatic N) is 1. The van der Waals surface area contributed by atoms with Crippen LogP contribution in [0.2, 0.25) is 0 Å². The van der Waals surface area contributed by atoms with Crippen molar-refractivity contribution in [2.24, 2.45) is 0 Å². The highest BCUT2D eigenvalue weighted by Crippen LogP contribution is 2.18. The topological polar surface area (TPSA) is 80.0 Å². The average molecular weight is 304 g/mol. The monoisotopic (exact) mass is 303 g/mol. The molecule has 17 heavy (non-hydrogen) atoms. The summed E-state index contributed by atoms with van der Waals surface area (Å²) < 4.78 is 10.6. The summed E-state index contributed by atoms with van der Waals surface area (Å²) in [5.74, 6) is -1.40. The first-order chi connectivity index (χ1) is 8.09. The normalized spacial score (nSPS) is 20.3. The van der Waals surface area contributed by atoms with Crippen LogP contribution in [0.25, 0.3) is 0 Å². The summed E-state index contributed by atoms with van der Waals surface area (Å²) in [6.07, 6.45) is 0. The molecule has 0 radical (unpaired) electrons. The van der Waals surface area contributed by atoms with E-state index in [9.17, 15) is 9.59 Å². The van der Waals surface area contributed by atoms with Crippen LogP contribution in [-0.2, 0) is 9.53 Å². The van der Waals surface area contributed by atoms with Crippen molar-refractivity contribution in [3.05, 3.63) is 22.6 Å². The number of carbonyl (C=O) groups is 2. The minimum atomic E-state index is -1.08.